The molecule has 0 unspecified atom stereocenters. The van der Waals surface area contributed by atoms with Crippen LogP contribution < -0.4 is 5.32 Å². The molecule has 1 fully saturated rings. The molecule has 0 aliphatic carbocycles. The zero-order valence-corrected chi connectivity index (χ0v) is 10.1. The topological polar surface area (TPSA) is 21.3 Å². The predicted octanol–water partition coefficient (Wildman–Crippen LogP) is 3.14. The molecular weight excluding hydrogens is 222 g/mol. The van der Waals surface area contributed by atoms with Gasteiger partial charge in [0.15, 0.2) is 0 Å². The number of benzene rings is 2. The molecular formula is C16H15NO. The van der Waals surface area contributed by atoms with Crippen LogP contribution in [0.25, 0.3) is 0 Å². The van der Waals surface area contributed by atoms with E-state index in [1.165, 1.54) is 16.8 Å². The van der Waals surface area contributed by atoms with Gasteiger partial charge in [-0.2, -0.15) is 0 Å². The smallest absolute Gasteiger partial charge is 0.141 e. The first kappa shape index (κ1) is 10.2. The Kier molecular flexibility index (Phi) is 2.03. The minimum atomic E-state index is -0.00213. The van der Waals surface area contributed by atoms with Crippen LogP contribution in [0.1, 0.15) is 17.5 Å². The van der Waals surface area contributed by atoms with E-state index in [1.807, 2.05) is 0 Å². The van der Waals surface area contributed by atoms with Gasteiger partial charge in [0.25, 0.3) is 0 Å². The fourth-order valence-corrected chi connectivity index (χ4v) is 3.38. The monoisotopic (exact) mass is 237 g/mol. The second kappa shape index (κ2) is 3.59. The van der Waals surface area contributed by atoms with Gasteiger partial charge in [0.2, 0.25) is 0 Å². The molecule has 18 heavy (non-hydrogen) atoms. The van der Waals surface area contributed by atoms with E-state index in [4.69, 9.17) is 4.74 Å². The molecule has 2 nitrogen and oxygen atoms in total. The maximum atomic E-state index is 5.91. The fraction of sp³-hybridized carbons (Fsp3) is 0.250. The van der Waals surface area contributed by atoms with Gasteiger partial charge in [-0.1, -0.05) is 48.5 Å². The van der Waals surface area contributed by atoms with Crippen molar-refractivity contribution in [1.82, 2.24) is 0 Å². The summed E-state index contributed by atoms with van der Waals surface area (Å²) in [6, 6.07) is 19.3. The lowest BCUT2D eigenvalue weighted by atomic mass is 9.74. The summed E-state index contributed by atoms with van der Waals surface area (Å²) in [7, 11) is 0. The summed E-state index contributed by atoms with van der Waals surface area (Å²) < 4.78 is 5.91. The van der Waals surface area contributed by atoms with Crippen molar-refractivity contribution in [1.29, 1.82) is 0 Å². The Morgan fingerprint density at radius 2 is 1.78 bits per heavy atom. The van der Waals surface area contributed by atoms with Gasteiger partial charge in [-0.3, -0.25) is 0 Å². The van der Waals surface area contributed by atoms with Gasteiger partial charge in [0, 0.05) is 5.69 Å². The second-order valence-corrected chi connectivity index (χ2v) is 5.03. The first-order chi connectivity index (χ1) is 8.91. The number of rotatable bonds is 1. The number of ether oxygens (including phenoxy) is 1. The molecule has 2 aliphatic rings. The molecule has 1 N–H and O–H groups in total. The third-order valence-electron chi connectivity index (χ3n) is 4.21. The molecule has 90 valence electrons. The molecule has 0 saturated carbocycles. The van der Waals surface area contributed by atoms with E-state index in [-0.39, 0.29) is 11.6 Å². The van der Waals surface area contributed by atoms with Crippen molar-refractivity contribution in [3.05, 3.63) is 65.7 Å². The van der Waals surface area contributed by atoms with Crippen LogP contribution in [0, 0.1) is 0 Å². The number of fused-ring (bicyclic) bond motifs is 3. The lowest BCUT2D eigenvalue weighted by molar-refractivity contribution is 0.116. The van der Waals surface area contributed by atoms with Gasteiger partial charge >= 0.3 is 0 Å². The molecule has 4 rings (SSSR count). The van der Waals surface area contributed by atoms with Crippen LogP contribution >= 0.6 is 0 Å². The summed E-state index contributed by atoms with van der Waals surface area (Å²) in [4.78, 5) is 0. The maximum Gasteiger partial charge on any atom is 0.141 e. The van der Waals surface area contributed by atoms with Crippen LogP contribution in [0.5, 0.6) is 0 Å². The number of hydrogen-bond acceptors (Lipinski definition) is 2. The molecule has 0 amide bonds. The summed E-state index contributed by atoms with van der Waals surface area (Å²) in [5.41, 5.74) is 3.94. The van der Waals surface area contributed by atoms with Crippen LogP contribution in [-0.2, 0) is 10.2 Å². The summed E-state index contributed by atoms with van der Waals surface area (Å²) in [6.45, 7) is 0.820. The number of hydrogen-bond donors (Lipinski definition) is 1. The highest BCUT2D eigenvalue weighted by Gasteiger charge is 2.52. The summed E-state index contributed by atoms with van der Waals surface area (Å²) in [6.07, 6.45) is 1.13. The molecule has 0 radical (unpaired) electrons. The van der Waals surface area contributed by atoms with E-state index in [0.29, 0.717) is 0 Å². The third kappa shape index (κ3) is 1.16. The lowest BCUT2D eigenvalue weighted by Crippen LogP contribution is -2.35. The highest BCUT2D eigenvalue weighted by Crippen LogP contribution is 2.51. The van der Waals surface area contributed by atoms with Gasteiger partial charge in [0.05, 0.1) is 12.0 Å². The Bertz CT molecular complexity index is 581. The van der Waals surface area contributed by atoms with Crippen molar-refractivity contribution in [2.75, 3.05) is 11.9 Å². The molecule has 2 aliphatic heterocycles. The normalized spacial score (nSPS) is 28.6. The Hall–Kier alpha value is -1.80. The summed E-state index contributed by atoms with van der Waals surface area (Å²) in [5.74, 6) is 0. The average molecular weight is 237 g/mol. The number of nitrogens with one attached hydrogen (secondary N) is 1. The Morgan fingerprint density at radius 3 is 2.67 bits per heavy atom. The van der Waals surface area contributed by atoms with Crippen molar-refractivity contribution in [3.8, 4) is 0 Å². The quantitative estimate of drug-likeness (QED) is 0.822. The van der Waals surface area contributed by atoms with Crippen molar-refractivity contribution in [3.63, 3.8) is 0 Å². The molecule has 2 aromatic rings. The predicted molar refractivity (Wildman–Crippen MR) is 71.6 cm³/mol. The second-order valence-electron chi connectivity index (χ2n) is 5.03. The SMILES string of the molecule is c1ccc([C@@]23CCO[C@@H]2Nc2ccccc23)cc1. The minimum absolute atomic E-state index is 0.00213. The Balaban J connectivity index is 1.97. The molecule has 2 aromatic carbocycles. The van der Waals surface area contributed by atoms with E-state index in [2.05, 4.69) is 59.9 Å². The molecule has 2 heteroatoms. The Labute approximate surface area is 107 Å². The van der Waals surface area contributed by atoms with Crippen molar-refractivity contribution >= 4 is 5.69 Å². The van der Waals surface area contributed by atoms with E-state index in [0.717, 1.165) is 13.0 Å². The van der Waals surface area contributed by atoms with Gasteiger partial charge in [-0.15, -0.1) is 0 Å². The van der Waals surface area contributed by atoms with Gasteiger partial charge in [-0.05, 0) is 23.6 Å². The standard InChI is InChI=1S/C16H15NO/c1-2-6-12(7-3-1)16-10-11-18-15(16)17-14-9-5-4-8-13(14)16/h1-9,15,17H,10-11H2/t15-,16+/m0/s1. The van der Waals surface area contributed by atoms with E-state index >= 15 is 0 Å². The summed E-state index contributed by atoms with van der Waals surface area (Å²) >= 11 is 0. The zero-order chi connectivity index (χ0) is 12.0. The molecule has 2 heterocycles. The van der Waals surface area contributed by atoms with Crippen LogP contribution in [0.4, 0.5) is 5.69 Å². The van der Waals surface area contributed by atoms with E-state index in [9.17, 15) is 0 Å². The van der Waals surface area contributed by atoms with Crippen molar-refractivity contribution < 1.29 is 4.74 Å². The minimum Gasteiger partial charge on any atom is -0.359 e. The van der Waals surface area contributed by atoms with Gasteiger partial charge < -0.3 is 10.1 Å². The third-order valence-corrected chi connectivity index (χ3v) is 4.21. The maximum absolute atomic E-state index is 5.91. The van der Waals surface area contributed by atoms with Crippen LogP contribution in [0.2, 0.25) is 0 Å². The first-order valence-corrected chi connectivity index (χ1v) is 6.44. The largest absolute Gasteiger partial charge is 0.359 e. The molecule has 0 aromatic heterocycles. The molecule has 0 bridgehead atoms. The van der Waals surface area contributed by atoms with Gasteiger partial charge in [0.1, 0.15) is 6.23 Å². The Morgan fingerprint density at radius 1 is 1.00 bits per heavy atom. The first-order valence-electron chi connectivity index (χ1n) is 6.44. The number of anilines is 1. The van der Waals surface area contributed by atoms with E-state index in [1.54, 1.807) is 0 Å². The molecule has 1 saturated heterocycles. The number of para-hydroxylation sites is 1. The summed E-state index contributed by atoms with van der Waals surface area (Å²) in [5, 5.41) is 3.51. The molecule has 2 atom stereocenters. The highest BCUT2D eigenvalue weighted by molar-refractivity contribution is 5.65. The average Bonchev–Trinajstić information content (AvgIpc) is 2.96. The molecule has 0 spiro atoms. The van der Waals surface area contributed by atoms with Crippen LogP contribution in [0.3, 0.4) is 0 Å². The zero-order valence-electron chi connectivity index (χ0n) is 10.1. The fourth-order valence-electron chi connectivity index (χ4n) is 3.38. The van der Waals surface area contributed by atoms with Crippen molar-refractivity contribution in [2.45, 2.75) is 18.1 Å². The highest BCUT2D eigenvalue weighted by atomic mass is 16.5. The van der Waals surface area contributed by atoms with Crippen molar-refractivity contribution in [2.24, 2.45) is 0 Å². The lowest BCUT2D eigenvalue weighted by Gasteiger charge is -2.28. The van der Waals surface area contributed by atoms with Gasteiger partial charge in [-0.25, -0.2) is 0 Å². The van der Waals surface area contributed by atoms with Crippen LogP contribution in [-0.4, -0.2) is 12.8 Å². The van der Waals surface area contributed by atoms with E-state index < -0.39 is 0 Å². The van der Waals surface area contributed by atoms with Crippen LogP contribution in [0.15, 0.2) is 54.6 Å².